The third-order valence-electron chi connectivity index (χ3n) is 2.78. The van der Waals surface area contributed by atoms with Crippen LogP contribution in [0.15, 0.2) is 0 Å². The van der Waals surface area contributed by atoms with E-state index < -0.39 is 16.1 Å². The van der Waals surface area contributed by atoms with Gasteiger partial charge in [0.25, 0.3) is 0 Å². The minimum Gasteiger partial charge on any atom is -0.394 e. The lowest BCUT2D eigenvalue weighted by Crippen LogP contribution is -2.46. The maximum Gasteiger partial charge on any atom is 0.211 e. The van der Waals surface area contributed by atoms with Crippen molar-refractivity contribution in [3.63, 3.8) is 0 Å². The molecule has 16 heavy (non-hydrogen) atoms. The monoisotopic (exact) mass is 252 g/mol. The average Bonchev–Trinajstić information content (AvgIpc) is 2.25. The number of rotatable bonds is 5. The van der Waals surface area contributed by atoms with Gasteiger partial charge in [-0.05, 0) is 12.8 Å². The second-order valence-electron chi connectivity index (χ2n) is 4.18. The van der Waals surface area contributed by atoms with Crippen LogP contribution in [0.2, 0.25) is 0 Å². The molecular weight excluding hydrogens is 232 g/mol. The maximum atomic E-state index is 11.2. The summed E-state index contributed by atoms with van der Waals surface area (Å²) < 4.78 is 23.9. The van der Waals surface area contributed by atoms with Gasteiger partial charge in [-0.15, -0.1) is 0 Å². The Morgan fingerprint density at radius 3 is 2.44 bits per heavy atom. The molecular formula is C9H20N2O4S. The normalized spacial score (nSPS) is 22.2. The minimum absolute atomic E-state index is 0.221. The van der Waals surface area contributed by atoms with Gasteiger partial charge < -0.3 is 15.5 Å². The van der Waals surface area contributed by atoms with Crippen LogP contribution in [0.3, 0.4) is 0 Å². The van der Waals surface area contributed by atoms with E-state index in [4.69, 9.17) is 10.2 Å². The Balaban J connectivity index is 2.27. The molecule has 6 nitrogen and oxygen atoms in total. The minimum atomic E-state index is -3.07. The van der Waals surface area contributed by atoms with Gasteiger partial charge in [0.2, 0.25) is 10.0 Å². The van der Waals surface area contributed by atoms with Crippen molar-refractivity contribution in [2.45, 2.75) is 25.0 Å². The van der Waals surface area contributed by atoms with Gasteiger partial charge in [-0.3, -0.25) is 0 Å². The van der Waals surface area contributed by atoms with Gasteiger partial charge in [0.1, 0.15) is 0 Å². The first-order valence-electron chi connectivity index (χ1n) is 5.41. The Hall–Kier alpha value is -0.210. The number of aliphatic hydroxyl groups is 2. The van der Waals surface area contributed by atoms with Crippen molar-refractivity contribution in [3.8, 4) is 0 Å². The van der Waals surface area contributed by atoms with Crippen LogP contribution >= 0.6 is 0 Å². The van der Waals surface area contributed by atoms with Crippen LogP contribution in [0, 0.1) is 0 Å². The molecule has 96 valence electrons. The Morgan fingerprint density at radius 2 is 2.00 bits per heavy atom. The van der Waals surface area contributed by atoms with Crippen molar-refractivity contribution in [1.29, 1.82) is 0 Å². The zero-order chi connectivity index (χ0) is 12.2. The fourth-order valence-corrected chi connectivity index (χ4v) is 2.63. The summed E-state index contributed by atoms with van der Waals surface area (Å²) in [6, 6.07) is 0.221. The number of nitrogens with one attached hydrogen (secondary N) is 1. The van der Waals surface area contributed by atoms with Gasteiger partial charge in [0.05, 0.1) is 19.0 Å². The van der Waals surface area contributed by atoms with Gasteiger partial charge in [0.15, 0.2) is 0 Å². The van der Waals surface area contributed by atoms with E-state index in [1.165, 1.54) is 10.6 Å². The lowest BCUT2D eigenvalue weighted by atomic mass is 10.1. The van der Waals surface area contributed by atoms with E-state index in [1.807, 2.05) is 0 Å². The van der Waals surface area contributed by atoms with E-state index in [0.29, 0.717) is 19.6 Å². The van der Waals surface area contributed by atoms with Crippen molar-refractivity contribution < 1.29 is 18.6 Å². The molecule has 1 heterocycles. The summed E-state index contributed by atoms with van der Waals surface area (Å²) in [6.07, 6.45) is 1.96. The first kappa shape index (κ1) is 13.9. The van der Waals surface area contributed by atoms with E-state index in [1.54, 1.807) is 0 Å². The van der Waals surface area contributed by atoms with Crippen molar-refractivity contribution in [2.24, 2.45) is 0 Å². The topological polar surface area (TPSA) is 89.9 Å². The van der Waals surface area contributed by atoms with E-state index in [2.05, 4.69) is 5.32 Å². The summed E-state index contributed by atoms with van der Waals surface area (Å²) in [4.78, 5) is 0. The highest BCUT2D eigenvalue weighted by atomic mass is 32.2. The molecule has 1 aliphatic rings. The van der Waals surface area contributed by atoms with Crippen LogP contribution in [-0.2, 0) is 10.0 Å². The van der Waals surface area contributed by atoms with Crippen molar-refractivity contribution >= 4 is 10.0 Å². The standard InChI is InChI=1S/C9H20N2O4S/c1-16(14,15)11-4-2-8(3-5-11)10-6-9(13)7-12/h8-10,12-13H,2-7H2,1H3/t9-/m0/s1. The number of nitrogens with zero attached hydrogens (tertiary/aromatic N) is 1. The van der Waals surface area contributed by atoms with Gasteiger partial charge in [-0.25, -0.2) is 12.7 Å². The van der Waals surface area contributed by atoms with Crippen LogP contribution in [0.1, 0.15) is 12.8 Å². The van der Waals surface area contributed by atoms with Crippen LogP contribution < -0.4 is 5.32 Å². The molecule has 0 radical (unpaired) electrons. The number of aliphatic hydroxyl groups excluding tert-OH is 2. The zero-order valence-electron chi connectivity index (χ0n) is 9.46. The molecule has 1 saturated heterocycles. The summed E-state index contributed by atoms with van der Waals surface area (Å²) in [5.41, 5.74) is 0. The molecule has 0 bridgehead atoms. The number of hydrogen-bond donors (Lipinski definition) is 3. The Bertz CT molecular complexity index is 299. The first-order chi connectivity index (χ1) is 7.43. The van der Waals surface area contributed by atoms with Crippen molar-refractivity contribution in [1.82, 2.24) is 9.62 Å². The SMILES string of the molecule is CS(=O)(=O)N1CCC(NC[C@H](O)CO)CC1. The Kier molecular flexibility index (Phi) is 5.13. The van der Waals surface area contributed by atoms with Crippen LogP contribution in [0.5, 0.6) is 0 Å². The average molecular weight is 252 g/mol. The predicted molar refractivity (Wildman–Crippen MR) is 60.5 cm³/mol. The second kappa shape index (κ2) is 5.92. The van der Waals surface area contributed by atoms with Crippen molar-refractivity contribution in [2.75, 3.05) is 32.5 Å². The number of piperidine rings is 1. The van der Waals surface area contributed by atoms with E-state index in [-0.39, 0.29) is 12.6 Å². The number of sulfonamides is 1. The molecule has 0 unspecified atom stereocenters. The summed E-state index contributed by atoms with van der Waals surface area (Å²) in [5.74, 6) is 0. The van der Waals surface area contributed by atoms with Crippen LogP contribution in [0.25, 0.3) is 0 Å². The quantitative estimate of drug-likeness (QED) is 0.546. The molecule has 0 aromatic heterocycles. The summed E-state index contributed by atoms with van der Waals surface area (Å²) in [7, 11) is -3.07. The van der Waals surface area contributed by atoms with Crippen molar-refractivity contribution in [3.05, 3.63) is 0 Å². The van der Waals surface area contributed by atoms with Gasteiger partial charge in [-0.2, -0.15) is 0 Å². The molecule has 0 saturated carbocycles. The highest BCUT2D eigenvalue weighted by Gasteiger charge is 2.24. The highest BCUT2D eigenvalue weighted by molar-refractivity contribution is 7.88. The largest absolute Gasteiger partial charge is 0.394 e. The predicted octanol–water partition coefficient (Wildman–Crippen LogP) is -1.65. The summed E-state index contributed by atoms with van der Waals surface area (Å²) in [6.45, 7) is 1.13. The van der Waals surface area contributed by atoms with E-state index in [9.17, 15) is 8.42 Å². The highest BCUT2D eigenvalue weighted by Crippen LogP contribution is 2.12. The lowest BCUT2D eigenvalue weighted by Gasteiger charge is -2.31. The smallest absolute Gasteiger partial charge is 0.211 e. The second-order valence-corrected chi connectivity index (χ2v) is 6.16. The maximum absolute atomic E-state index is 11.2. The fraction of sp³-hybridized carbons (Fsp3) is 1.00. The molecule has 1 atom stereocenters. The molecule has 1 rings (SSSR count). The third kappa shape index (κ3) is 4.34. The van der Waals surface area contributed by atoms with Crippen LogP contribution in [0.4, 0.5) is 0 Å². The molecule has 0 amide bonds. The van der Waals surface area contributed by atoms with Gasteiger partial charge >= 0.3 is 0 Å². The summed E-state index contributed by atoms with van der Waals surface area (Å²) in [5, 5.41) is 20.9. The Morgan fingerprint density at radius 1 is 1.44 bits per heavy atom. The number of hydrogen-bond acceptors (Lipinski definition) is 5. The first-order valence-corrected chi connectivity index (χ1v) is 7.25. The molecule has 1 fully saturated rings. The van der Waals surface area contributed by atoms with Crippen LogP contribution in [-0.4, -0.2) is 67.6 Å². The molecule has 3 N–H and O–H groups in total. The molecule has 0 aromatic rings. The fourth-order valence-electron chi connectivity index (χ4n) is 1.76. The molecule has 7 heteroatoms. The third-order valence-corrected chi connectivity index (χ3v) is 4.08. The molecule has 1 aliphatic heterocycles. The Labute approximate surface area is 96.3 Å². The molecule has 0 aromatic carbocycles. The summed E-state index contributed by atoms with van der Waals surface area (Å²) >= 11 is 0. The van der Waals surface area contributed by atoms with Gasteiger partial charge in [-0.1, -0.05) is 0 Å². The van der Waals surface area contributed by atoms with E-state index in [0.717, 1.165) is 12.8 Å². The molecule has 0 spiro atoms. The molecule has 0 aliphatic carbocycles. The van der Waals surface area contributed by atoms with Gasteiger partial charge in [0, 0.05) is 25.7 Å². The zero-order valence-corrected chi connectivity index (χ0v) is 10.3. The van der Waals surface area contributed by atoms with E-state index >= 15 is 0 Å². The lowest BCUT2D eigenvalue weighted by molar-refractivity contribution is 0.0897.